The maximum Gasteiger partial charge on any atom is 0.270 e. The summed E-state index contributed by atoms with van der Waals surface area (Å²) in [5, 5.41) is 14.3. The lowest BCUT2D eigenvalue weighted by molar-refractivity contribution is -0.385. The second-order valence-corrected chi connectivity index (χ2v) is 5.96. The third-order valence-electron chi connectivity index (χ3n) is 2.88. The van der Waals surface area contributed by atoms with Gasteiger partial charge in [0.25, 0.3) is 15.7 Å². The van der Waals surface area contributed by atoms with Crippen LogP contribution in [0.3, 0.4) is 0 Å². The molecular formula is C11H12N4O5S. The van der Waals surface area contributed by atoms with Gasteiger partial charge in [0, 0.05) is 17.7 Å². The maximum absolute atomic E-state index is 12.3. The highest BCUT2D eigenvalue weighted by Gasteiger charge is 2.24. The van der Waals surface area contributed by atoms with Crippen LogP contribution in [-0.2, 0) is 10.0 Å². The van der Waals surface area contributed by atoms with Gasteiger partial charge in [-0.3, -0.25) is 10.1 Å². The Morgan fingerprint density at radius 3 is 2.57 bits per heavy atom. The van der Waals surface area contributed by atoms with Crippen LogP contribution in [0.15, 0.2) is 27.6 Å². The Labute approximate surface area is 119 Å². The number of benzene rings is 1. The normalized spacial score (nSPS) is 11.3. The van der Waals surface area contributed by atoms with E-state index in [0.717, 1.165) is 18.2 Å². The first-order valence-corrected chi connectivity index (χ1v) is 7.20. The van der Waals surface area contributed by atoms with Gasteiger partial charge in [0.1, 0.15) is 4.90 Å². The SMILES string of the molecule is Cc1noc(NS(=O)(=O)c2cc([N+](=O)[O-])ccc2N)c1C. The van der Waals surface area contributed by atoms with E-state index in [4.69, 9.17) is 10.3 Å². The Morgan fingerprint density at radius 1 is 1.38 bits per heavy atom. The van der Waals surface area contributed by atoms with Crippen LogP contribution in [0.1, 0.15) is 11.3 Å². The van der Waals surface area contributed by atoms with E-state index in [2.05, 4.69) is 9.88 Å². The molecule has 0 saturated heterocycles. The van der Waals surface area contributed by atoms with E-state index >= 15 is 0 Å². The number of anilines is 2. The number of non-ortho nitro benzene ring substituents is 1. The predicted octanol–water partition coefficient (Wildman–Crippen LogP) is 1.58. The fourth-order valence-corrected chi connectivity index (χ4v) is 2.76. The summed E-state index contributed by atoms with van der Waals surface area (Å²) < 4.78 is 31.5. The molecule has 1 aromatic carbocycles. The van der Waals surface area contributed by atoms with E-state index in [0.29, 0.717) is 11.3 Å². The second kappa shape index (κ2) is 5.05. The average molecular weight is 312 g/mol. The summed E-state index contributed by atoms with van der Waals surface area (Å²) in [5.74, 6) is -0.0570. The number of hydrogen-bond donors (Lipinski definition) is 2. The molecule has 0 spiro atoms. The largest absolute Gasteiger partial charge is 0.398 e. The van der Waals surface area contributed by atoms with Gasteiger partial charge in [-0.15, -0.1) is 0 Å². The number of nitrogens with zero attached hydrogens (tertiary/aromatic N) is 2. The number of rotatable bonds is 4. The van der Waals surface area contributed by atoms with Crippen molar-refractivity contribution in [2.24, 2.45) is 0 Å². The summed E-state index contributed by atoms with van der Waals surface area (Å²) in [7, 11) is -4.12. The summed E-state index contributed by atoms with van der Waals surface area (Å²) in [6.07, 6.45) is 0. The molecule has 0 bridgehead atoms. The Balaban J connectivity index is 2.47. The summed E-state index contributed by atoms with van der Waals surface area (Å²) >= 11 is 0. The molecule has 2 aromatic rings. The van der Waals surface area contributed by atoms with E-state index in [1.165, 1.54) is 0 Å². The van der Waals surface area contributed by atoms with Gasteiger partial charge in [0.2, 0.25) is 5.88 Å². The quantitative estimate of drug-likeness (QED) is 0.496. The van der Waals surface area contributed by atoms with E-state index in [-0.39, 0.29) is 17.3 Å². The molecule has 0 atom stereocenters. The molecule has 21 heavy (non-hydrogen) atoms. The third kappa shape index (κ3) is 2.79. The van der Waals surface area contributed by atoms with Crippen molar-refractivity contribution in [3.8, 4) is 0 Å². The molecule has 9 nitrogen and oxygen atoms in total. The van der Waals surface area contributed by atoms with Crippen LogP contribution in [-0.4, -0.2) is 18.5 Å². The molecule has 0 aliphatic heterocycles. The van der Waals surface area contributed by atoms with Crippen molar-refractivity contribution in [2.45, 2.75) is 18.7 Å². The molecule has 0 unspecified atom stereocenters. The fraction of sp³-hybridized carbons (Fsp3) is 0.182. The van der Waals surface area contributed by atoms with Crippen molar-refractivity contribution in [1.82, 2.24) is 5.16 Å². The van der Waals surface area contributed by atoms with E-state index < -0.39 is 19.8 Å². The van der Waals surface area contributed by atoms with E-state index in [1.54, 1.807) is 13.8 Å². The number of sulfonamides is 1. The topological polar surface area (TPSA) is 141 Å². The standard InChI is InChI=1S/C11H12N4O5S/c1-6-7(2)13-20-11(6)14-21(18,19)10-5-8(15(16)17)3-4-9(10)12/h3-5,14H,12H2,1-2H3. The minimum absolute atomic E-state index is 0.0570. The number of nitrogens with one attached hydrogen (secondary N) is 1. The summed E-state index contributed by atoms with van der Waals surface area (Å²) in [6.45, 7) is 3.28. The van der Waals surface area contributed by atoms with Crippen molar-refractivity contribution >= 4 is 27.3 Å². The number of nitrogen functional groups attached to an aromatic ring is 1. The van der Waals surface area contributed by atoms with E-state index in [1.807, 2.05) is 0 Å². The number of aromatic nitrogens is 1. The van der Waals surface area contributed by atoms with Crippen LogP contribution in [0, 0.1) is 24.0 Å². The highest BCUT2D eigenvalue weighted by atomic mass is 32.2. The molecule has 112 valence electrons. The van der Waals surface area contributed by atoms with Gasteiger partial charge >= 0.3 is 0 Å². The van der Waals surface area contributed by atoms with Crippen molar-refractivity contribution in [1.29, 1.82) is 0 Å². The first-order valence-electron chi connectivity index (χ1n) is 5.72. The lowest BCUT2D eigenvalue weighted by Gasteiger charge is -2.08. The Hall–Kier alpha value is -2.62. The molecule has 0 amide bonds. The highest BCUT2D eigenvalue weighted by Crippen LogP contribution is 2.27. The molecule has 3 N–H and O–H groups in total. The van der Waals surface area contributed by atoms with Crippen LogP contribution in [0.5, 0.6) is 0 Å². The van der Waals surface area contributed by atoms with Crippen LogP contribution >= 0.6 is 0 Å². The van der Waals surface area contributed by atoms with Crippen LogP contribution in [0.2, 0.25) is 0 Å². The Kier molecular flexibility index (Phi) is 3.56. The van der Waals surface area contributed by atoms with Crippen molar-refractivity contribution in [3.05, 3.63) is 39.6 Å². The van der Waals surface area contributed by atoms with Gasteiger partial charge < -0.3 is 10.3 Å². The van der Waals surface area contributed by atoms with Gasteiger partial charge in [0.05, 0.1) is 16.3 Å². The van der Waals surface area contributed by atoms with Gasteiger partial charge in [-0.05, 0) is 19.9 Å². The van der Waals surface area contributed by atoms with Crippen molar-refractivity contribution in [2.75, 3.05) is 10.5 Å². The maximum atomic E-state index is 12.3. The first kappa shape index (κ1) is 14.8. The molecule has 2 rings (SSSR count). The van der Waals surface area contributed by atoms with Gasteiger partial charge in [0.15, 0.2) is 0 Å². The van der Waals surface area contributed by atoms with Crippen LogP contribution in [0.25, 0.3) is 0 Å². The molecule has 0 aliphatic carbocycles. The number of nitro groups is 1. The number of hydrogen-bond acceptors (Lipinski definition) is 7. The smallest absolute Gasteiger partial charge is 0.270 e. The molecule has 0 radical (unpaired) electrons. The lowest BCUT2D eigenvalue weighted by Crippen LogP contribution is -2.15. The lowest BCUT2D eigenvalue weighted by atomic mass is 10.3. The average Bonchev–Trinajstić information content (AvgIpc) is 2.70. The molecular weight excluding hydrogens is 300 g/mol. The number of nitro benzene ring substituents is 1. The summed E-state index contributed by atoms with van der Waals surface area (Å²) in [6, 6.07) is 3.17. The van der Waals surface area contributed by atoms with Gasteiger partial charge in [-0.1, -0.05) is 5.16 Å². The molecule has 1 aromatic heterocycles. The third-order valence-corrected chi connectivity index (χ3v) is 4.27. The van der Waals surface area contributed by atoms with E-state index in [9.17, 15) is 18.5 Å². The molecule has 0 aliphatic rings. The molecule has 0 saturated carbocycles. The molecule has 1 heterocycles. The Morgan fingerprint density at radius 2 is 2.05 bits per heavy atom. The number of nitrogens with two attached hydrogens (primary N) is 1. The zero-order chi connectivity index (χ0) is 15.8. The van der Waals surface area contributed by atoms with Gasteiger partial charge in [-0.25, -0.2) is 13.1 Å². The summed E-state index contributed by atoms with van der Waals surface area (Å²) in [5.41, 5.74) is 6.14. The predicted molar refractivity (Wildman–Crippen MR) is 74.3 cm³/mol. The zero-order valence-electron chi connectivity index (χ0n) is 11.2. The minimum Gasteiger partial charge on any atom is -0.398 e. The first-order chi connectivity index (χ1) is 9.72. The van der Waals surface area contributed by atoms with Crippen LogP contribution in [0.4, 0.5) is 17.3 Å². The summed E-state index contributed by atoms with van der Waals surface area (Å²) in [4.78, 5) is 9.62. The zero-order valence-corrected chi connectivity index (χ0v) is 12.0. The second-order valence-electron chi connectivity index (χ2n) is 4.31. The molecule has 0 fully saturated rings. The van der Waals surface area contributed by atoms with Gasteiger partial charge in [-0.2, -0.15) is 0 Å². The minimum atomic E-state index is -4.12. The Bertz CT molecular complexity index is 812. The number of aryl methyl sites for hydroxylation is 1. The highest BCUT2D eigenvalue weighted by molar-refractivity contribution is 7.92. The monoisotopic (exact) mass is 312 g/mol. The van der Waals surface area contributed by atoms with Crippen LogP contribution < -0.4 is 10.5 Å². The fourth-order valence-electron chi connectivity index (χ4n) is 1.56. The van der Waals surface area contributed by atoms with Crippen molar-refractivity contribution in [3.63, 3.8) is 0 Å². The molecule has 10 heteroatoms. The van der Waals surface area contributed by atoms with Crippen molar-refractivity contribution < 1.29 is 17.9 Å².